The highest BCUT2D eigenvalue weighted by atomic mass is 79.9. The summed E-state index contributed by atoms with van der Waals surface area (Å²) in [5.41, 5.74) is 0.628. The second-order valence-corrected chi connectivity index (χ2v) is 6.10. The second-order valence-electron chi connectivity index (χ2n) is 4.39. The van der Waals surface area contributed by atoms with Crippen LogP contribution in [0.3, 0.4) is 0 Å². The van der Waals surface area contributed by atoms with Gasteiger partial charge in [0.1, 0.15) is 18.3 Å². The average Bonchev–Trinajstić information content (AvgIpc) is 2.41. The van der Waals surface area contributed by atoms with Crippen LogP contribution in [0.4, 0.5) is 5.69 Å². The number of piperazine rings is 1. The van der Waals surface area contributed by atoms with Crippen LogP contribution in [0.15, 0.2) is 21.1 Å². The first-order valence-electron chi connectivity index (χ1n) is 6.11. The molecule has 1 N–H and O–H groups in total. The molecule has 0 radical (unpaired) electrons. The molecule has 20 heavy (non-hydrogen) atoms. The van der Waals surface area contributed by atoms with E-state index in [1.165, 1.54) is 4.90 Å². The Morgan fingerprint density at radius 2 is 2.05 bits per heavy atom. The fourth-order valence-corrected chi connectivity index (χ4v) is 3.44. The molecule has 1 aliphatic rings. The first kappa shape index (κ1) is 15.3. The highest BCUT2D eigenvalue weighted by Crippen LogP contribution is 2.37. The number of anilines is 1. The summed E-state index contributed by atoms with van der Waals surface area (Å²) < 4.78 is 6.74. The molecule has 1 unspecified atom stereocenters. The third-order valence-corrected chi connectivity index (χ3v) is 4.38. The summed E-state index contributed by atoms with van der Waals surface area (Å²) in [5.74, 6) is 0.331. The maximum atomic E-state index is 12.4. The Bertz CT molecular complexity index is 563. The van der Waals surface area contributed by atoms with E-state index in [-0.39, 0.29) is 18.4 Å². The Balaban J connectivity index is 2.44. The number of ether oxygens (including phenoxy) is 1. The summed E-state index contributed by atoms with van der Waals surface area (Å²) >= 11 is 6.80. The van der Waals surface area contributed by atoms with Crippen LogP contribution < -0.4 is 15.0 Å². The lowest BCUT2D eigenvalue weighted by molar-refractivity contribution is -0.131. The monoisotopic (exact) mass is 404 g/mol. The fourth-order valence-electron chi connectivity index (χ4n) is 2.07. The Morgan fingerprint density at radius 3 is 2.65 bits per heavy atom. The van der Waals surface area contributed by atoms with Crippen molar-refractivity contribution in [3.63, 3.8) is 0 Å². The van der Waals surface area contributed by atoms with Crippen molar-refractivity contribution in [3.8, 4) is 5.75 Å². The number of carbonyl (C=O) groups excluding carboxylic acids is 2. The van der Waals surface area contributed by atoms with E-state index in [1.54, 1.807) is 19.2 Å². The lowest BCUT2D eigenvalue weighted by Gasteiger charge is -2.32. The number of nitrogens with zero attached hydrogens (tertiary/aromatic N) is 1. The lowest BCUT2D eigenvalue weighted by Crippen LogP contribution is -2.58. The number of hydrogen-bond acceptors (Lipinski definition) is 3. The van der Waals surface area contributed by atoms with E-state index in [1.807, 2.05) is 6.92 Å². The molecule has 1 heterocycles. The van der Waals surface area contributed by atoms with Gasteiger partial charge >= 0.3 is 0 Å². The average molecular weight is 406 g/mol. The van der Waals surface area contributed by atoms with Gasteiger partial charge in [-0.3, -0.25) is 14.5 Å². The predicted octanol–water partition coefficient (Wildman–Crippen LogP) is 2.46. The molecule has 2 rings (SSSR count). The maximum Gasteiger partial charge on any atom is 0.250 e. The van der Waals surface area contributed by atoms with Crippen LogP contribution in [-0.4, -0.2) is 31.5 Å². The van der Waals surface area contributed by atoms with Crippen LogP contribution in [0, 0.1) is 0 Å². The maximum absolute atomic E-state index is 12.4. The molecule has 1 saturated heterocycles. The standard InChI is InChI=1S/C13H14Br2N2O3/c1-3-9-13(19)17(6-12(18)16-9)10-5-11(20-2)8(15)4-7(10)14/h4-5,9H,3,6H2,1-2H3,(H,16,18). The van der Waals surface area contributed by atoms with Crippen LogP contribution in [0.25, 0.3) is 0 Å². The normalized spacial score (nSPS) is 19.0. The molecule has 7 heteroatoms. The van der Waals surface area contributed by atoms with Gasteiger partial charge in [-0.1, -0.05) is 6.92 Å². The van der Waals surface area contributed by atoms with Gasteiger partial charge in [-0.2, -0.15) is 0 Å². The summed E-state index contributed by atoms with van der Waals surface area (Å²) in [6, 6.07) is 3.06. The van der Waals surface area contributed by atoms with Crippen molar-refractivity contribution >= 4 is 49.4 Å². The summed E-state index contributed by atoms with van der Waals surface area (Å²) in [7, 11) is 1.55. The van der Waals surface area contributed by atoms with Gasteiger partial charge in [-0.15, -0.1) is 0 Å². The van der Waals surface area contributed by atoms with Crippen LogP contribution >= 0.6 is 31.9 Å². The van der Waals surface area contributed by atoms with E-state index in [9.17, 15) is 9.59 Å². The van der Waals surface area contributed by atoms with Gasteiger partial charge in [0, 0.05) is 10.5 Å². The van der Waals surface area contributed by atoms with E-state index in [4.69, 9.17) is 4.74 Å². The van der Waals surface area contributed by atoms with Gasteiger partial charge in [0.05, 0.1) is 17.3 Å². The topological polar surface area (TPSA) is 58.6 Å². The second kappa shape index (κ2) is 6.13. The zero-order valence-electron chi connectivity index (χ0n) is 11.1. The fraction of sp³-hybridized carbons (Fsp3) is 0.385. The van der Waals surface area contributed by atoms with Gasteiger partial charge < -0.3 is 10.1 Å². The Morgan fingerprint density at radius 1 is 1.35 bits per heavy atom. The van der Waals surface area contributed by atoms with E-state index >= 15 is 0 Å². The third-order valence-electron chi connectivity index (χ3n) is 3.12. The molecule has 1 aliphatic heterocycles. The van der Waals surface area contributed by atoms with Crippen molar-refractivity contribution in [3.05, 3.63) is 21.1 Å². The van der Waals surface area contributed by atoms with Crippen molar-refractivity contribution in [2.24, 2.45) is 0 Å². The largest absolute Gasteiger partial charge is 0.495 e. The number of nitrogens with one attached hydrogen (secondary N) is 1. The van der Waals surface area contributed by atoms with Gasteiger partial charge in [0.25, 0.3) is 0 Å². The van der Waals surface area contributed by atoms with Crippen LogP contribution in [0.2, 0.25) is 0 Å². The Kier molecular flexibility index (Phi) is 4.70. The van der Waals surface area contributed by atoms with Crippen LogP contribution in [0.1, 0.15) is 13.3 Å². The van der Waals surface area contributed by atoms with Crippen LogP contribution in [0.5, 0.6) is 5.75 Å². The number of hydrogen-bond donors (Lipinski definition) is 1. The van der Waals surface area contributed by atoms with Crippen molar-refractivity contribution in [2.75, 3.05) is 18.6 Å². The van der Waals surface area contributed by atoms with Gasteiger partial charge in [0.15, 0.2) is 0 Å². The van der Waals surface area contributed by atoms with E-state index in [2.05, 4.69) is 37.2 Å². The number of carbonyl (C=O) groups is 2. The van der Waals surface area contributed by atoms with E-state index in [0.29, 0.717) is 17.9 Å². The van der Waals surface area contributed by atoms with Crippen molar-refractivity contribution in [2.45, 2.75) is 19.4 Å². The number of methoxy groups -OCH3 is 1. The predicted molar refractivity (Wildman–Crippen MR) is 83.0 cm³/mol. The summed E-state index contributed by atoms with van der Waals surface area (Å²) in [6.07, 6.45) is 0.562. The first-order chi connectivity index (χ1) is 9.47. The molecular formula is C13H14Br2N2O3. The zero-order valence-corrected chi connectivity index (χ0v) is 14.2. The molecule has 0 aromatic heterocycles. The van der Waals surface area contributed by atoms with Gasteiger partial charge in [-0.05, 0) is 44.3 Å². The number of halogens is 2. The van der Waals surface area contributed by atoms with Crippen molar-refractivity contribution < 1.29 is 14.3 Å². The molecule has 1 atom stereocenters. The quantitative estimate of drug-likeness (QED) is 0.840. The van der Waals surface area contributed by atoms with Crippen molar-refractivity contribution in [1.82, 2.24) is 5.32 Å². The number of benzene rings is 1. The van der Waals surface area contributed by atoms with E-state index < -0.39 is 6.04 Å². The number of amides is 2. The molecule has 108 valence electrons. The van der Waals surface area contributed by atoms with Crippen LogP contribution in [-0.2, 0) is 9.59 Å². The van der Waals surface area contributed by atoms with E-state index in [0.717, 1.165) is 8.95 Å². The SMILES string of the molecule is CCC1NC(=O)CN(c2cc(OC)c(Br)cc2Br)C1=O. The summed E-state index contributed by atoms with van der Waals surface area (Å²) in [5, 5.41) is 2.69. The molecule has 0 bridgehead atoms. The molecule has 0 spiro atoms. The Labute approximate surface area is 133 Å². The molecule has 0 saturated carbocycles. The Hall–Kier alpha value is -1.08. The van der Waals surface area contributed by atoms with Crippen molar-refractivity contribution in [1.29, 1.82) is 0 Å². The molecule has 2 amide bonds. The van der Waals surface area contributed by atoms with Gasteiger partial charge in [-0.25, -0.2) is 0 Å². The third kappa shape index (κ3) is 2.83. The minimum atomic E-state index is -0.474. The summed E-state index contributed by atoms with van der Waals surface area (Å²) in [4.78, 5) is 25.6. The molecular weight excluding hydrogens is 392 g/mol. The summed E-state index contributed by atoms with van der Waals surface area (Å²) in [6.45, 7) is 1.88. The minimum Gasteiger partial charge on any atom is -0.495 e. The minimum absolute atomic E-state index is 0.0126. The lowest BCUT2D eigenvalue weighted by atomic mass is 10.1. The molecule has 0 aliphatic carbocycles. The first-order valence-corrected chi connectivity index (χ1v) is 7.70. The molecule has 1 fully saturated rings. The molecule has 1 aromatic carbocycles. The highest BCUT2D eigenvalue weighted by molar-refractivity contribution is 9.11. The van der Waals surface area contributed by atoms with Gasteiger partial charge in [0.2, 0.25) is 11.8 Å². The molecule has 1 aromatic rings. The zero-order chi connectivity index (χ0) is 14.9. The smallest absolute Gasteiger partial charge is 0.250 e. The molecule has 5 nitrogen and oxygen atoms in total. The highest BCUT2D eigenvalue weighted by Gasteiger charge is 2.33. The number of rotatable bonds is 3.